The Hall–Kier alpha value is -0.940. The van der Waals surface area contributed by atoms with E-state index < -0.39 is 0 Å². The first-order chi connectivity index (χ1) is 8.78. The second kappa shape index (κ2) is 4.97. The summed E-state index contributed by atoms with van der Waals surface area (Å²) in [6.45, 7) is 3.44. The Labute approximate surface area is 107 Å². The third-order valence-corrected chi connectivity index (χ3v) is 4.38. The van der Waals surface area contributed by atoms with Gasteiger partial charge in [-0.2, -0.15) is 4.98 Å². The predicted molar refractivity (Wildman–Crippen MR) is 66.2 cm³/mol. The summed E-state index contributed by atoms with van der Waals surface area (Å²) in [6.07, 6.45) is 4.92. The van der Waals surface area contributed by atoms with Crippen LogP contribution in [0, 0.1) is 5.92 Å². The molecule has 4 atom stereocenters. The Balaban J connectivity index is 1.70. The number of rotatable bonds is 3. The third-order valence-electron chi connectivity index (χ3n) is 4.38. The van der Waals surface area contributed by atoms with Crippen molar-refractivity contribution in [3.05, 3.63) is 11.7 Å². The third kappa shape index (κ3) is 2.17. The maximum Gasteiger partial charge on any atom is 0.233 e. The zero-order valence-corrected chi connectivity index (χ0v) is 10.8. The summed E-state index contributed by atoms with van der Waals surface area (Å²) >= 11 is 0. The van der Waals surface area contributed by atoms with E-state index in [1.165, 1.54) is 25.7 Å². The second-order valence-corrected chi connectivity index (χ2v) is 5.58. The van der Waals surface area contributed by atoms with Gasteiger partial charge in [0.05, 0.1) is 19.1 Å². The number of hydrogen-bond acceptors (Lipinski definition) is 5. The minimum absolute atomic E-state index is 0.00901. The molecule has 100 valence electrons. The minimum Gasteiger partial charge on any atom is -0.379 e. The van der Waals surface area contributed by atoms with Gasteiger partial charge in [-0.15, -0.1) is 0 Å². The predicted octanol–water partition coefficient (Wildman–Crippen LogP) is 1.80. The number of aromatic nitrogens is 2. The Morgan fingerprint density at radius 3 is 2.89 bits per heavy atom. The Kier molecular flexibility index (Phi) is 3.35. The zero-order chi connectivity index (χ0) is 12.5. The highest BCUT2D eigenvalue weighted by molar-refractivity contribution is 5.05. The van der Waals surface area contributed by atoms with Crippen LogP contribution in [0.5, 0.6) is 0 Å². The highest BCUT2D eigenvalue weighted by atomic mass is 16.5. The quantitative estimate of drug-likeness (QED) is 0.886. The lowest BCUT2D eigenvalue weighted by molar-refractivity contribution is 0.187. The average Bonchev–Trinajstić information content (AvgIpc) is 3.07. The molecule has 0 bridgehead atoms. The van der Waals surface area contributed by atoms with Crippen molar-refractivity contribution in [3.63, 3.8) is 0 Å². The van der Waals surface area contributed by atoms with Crippen molar-refractivity contribution in [2.45, 2.75) is 50.5 Å². The molecule has 5 heteroatoms. The first-order valence-electron chi connectivity index (χ1n) is 6.94. The largest absolute Gasteiger partial charge is 0.379 e. The maximum absolute atomic E-state index is 5.96. The molecule has 0 spiro atoms. The van der Waals surface area contributed by atoms with Gasteiger partial charge >= 0.3 is 0 Å². The molecule has 0 amide bonds. The normalized spacial score (nSPS) is 36.3. The summed E-state index contributed by atoms with van der Waals surface area (Å²) in [5.41, 5.74) is 5.96. The van der Waals surface area contributed by atoms with Crippen molar-refractivity contribution in [3.8, 4) is 0 Å². The molecule has 18 heavy (non-hydrogen) atoms. The molecule has 1 aliphatic heterocycles. The standard InChI is InChI=1S/C13H21N3O2/c1-2-8-3-4-9(5-8)12-15-13(18-16-12)10-6-17-7-11(10)14/h8-11H,2-7,14H2,1H3. The van der Waals surface area contributed by atoms with Crippen molar-refractivity contribution in [1.29, 1.82) is 0 Å². The lowest BCUT2D eigenvalue weighted by Crippen LogP contribution is -2.27. The van der Waals surface area contributed by atoms with Crippen LogP contribution in [0.2, 0.25) is 0 Å². The molecule has 4 unspecified atom stereocenters. The highest BCUT2D eigenvalue weighted by Crippen LogP contribution is 2.38. The van der Waals surface area contributed by atoms with Crippen LogP contribution in [0.4, 0.5) is 0 Å². The van der Waals surface area contributed by atoms with E-state index in [1.807, 2.05) is 0 Å². The van der Waals surface area contributed by atoms with Crippen LogP contribution in [0.3, 0.4) is 0 Å². The molecular formula is C13H21N3O2. The Morgan fingerprint density at radius 2 is 2.22 bits per heavy atom. The number of nitrogens with two attached hydrogens (primary N) is 1. The van der Waals surface area contributed by atoms with Crippen LogP contribution in [0.25, 0.3) is 0 Å². The molecule has 3 rings (SSSR count). The summed E-state index contributed by atoms with van der Waals surface area (Å²) in [5.74, 6) is 2.92. The van der Waals surface area contributed by atoms with Gasteiger partial charge in [0.1, 0.15) is 0 Å². The van der Waals surface area contributed by atoms with Crippen molar-refractivity contribution in [2.75, 3.05) is 13.2 Å². The van der Waals surface area contributed by atoms with Crippen molar-refractivity contribution in [1.82, 2.24) is 10.1 Å². The molecule has 2 N–H and O–H groups in total. The fourth-order valence-corrected chi connectivity index (χ4v) is 3.07. The Morgan fingerprint density at radius 1 is 1.33 bits per heavy atom. The van der Waals surface area contributed by atoms with Crippen LogP contribution in [0.1, 0.15) is 56.2 Å². The van der Waals surface area contributed by atoms with E-state index in [0.29, 0.717) is 25.0 Å². The molecule has 1 aromatic rings. The summed E-state index contributed by atoms with van der Waals surface area (Å²) < 4.78 is 10.7. The molecule has 0 aromatic carbocycles. The van der Waals surface area contributed by atoms with E-state index in [9.17, 15) is 0 Å². The molecule has 1 aromatic heterocycles. The molecule has 0 radical (unpaired) electrons. The van der Waals surface area contributed by atoms with E-state index in [2.05, 4.69) is 17.1 Å². The van der Waals surface area contributed by atoms with E-state index in [1.54, 1.807) is 0 Å². The van der Waals surface area contributed by atoms with Crippen molar-refractivity contribution >= 4 is 0 Å². The molecule has 2 aliphatic rings. The highest BCUT2D eigenvalue weighted by Gasteiger charge is 2.33. The second-order valence-electron chi connectivity index (χ2n) is 5.58. The van der Waals surface area contributed by atoms with Crippen molar-refractivity contribution < 1.29 is 9.26 Å². The first kappa shape index (κ1) is 12.1. The summed E-state index contributed by atoms with van der Waals surface area (Å²) in [6, 6.07) is -0.00901. The maximum atomic E-state index is 5.96. The van der Waals surface area contributed by atoms with Gasteiger partial charge in [-0.25, -0.2) is 0 Å². The topological polar surface area (TPSA) is 74.2 Å². The van der Waals surface area contributed by atoms with Gasteiger partial charge in [-0.3, -0.25) is 0 Å². The molecule has 1 aliphatic carbocycles. The van der Waals surface area contributed by atoms with Gasteiger partial charge in [0.15, 0.2) is 5.82 Å². The SMILES string of the molecule is CCC1CCC(c2noc(C3COCC3N)n2)C1. The Bertz CT molecular complexity index is 407. The first-order valence-corrected chi connectivity index (χ1v) is 6.94. The van der Waals surface area contributed by atoms with Gasteiger partial charge in [-0.05, 0) is 25.2 Å². The van der Waals surface area contributed by atoms with E-state index in [0.717, 1.165) is 11.7 Å². The number of nitrogens with zero attached hydrogens (tertiary/aromatic N) is 2. The lowest BCUT2D eigenvalue weighted by atomic mass is 10.0. The summed E-state index contributed by atoms with van der Waals surface area (Å²) in [7, 11) is 0. The van der Waals surface area contributed by atoms with Crippen LogP contribution >= 0.6 is 0 Å². The van der Waals surface area contributed by atoms with Gasteiger partial charge in [0.25, 0.3) is 0 Å². The van der Waals surface area contributed by atoms with Crippen LogP contribution in [-0.4, -0.2) is 29.4 Å². The number of hydrogen-bond donors (Lipinski definition) is 1. The van der Waals surface area contributed by atoms with Crippen molar-refractivity contribution in [2.24, 2.45) is 11.7 Å². The molecule has 2 heterocycles. The van der Waals surface area contributed by atoms with E-state index in [4.69, 9.17) is 15.0 Å². The van der Waals surface area contributed by atoms with Gasteiger partial charge in [-0.1, -0.05) is 18.5 Å². The molecule has 1 saturated heterocycles. The van der Waals surface area contributed by atoms with Crippen LogP contribution < -0.4 is 5.73 Å². The average molecular weight is 251 g/mol. The lowest BCUT2D eigenvalue weighted by Gasteiger charge is -2.07. The van der Waals surface area contributed by atoms with E-state index in [-0.39, 0.29) is 12.0 Å². The van der Waals surface area contributed by atoms with Gasteiger partial charge in [0.2, 0.25) is 5.89 Å². The molecule has 5 nitrogen and oxygen atoms in total. The minimum atomic E-state index is -0.00901. The molecular weight excluding hydrogens is 230 g/mol. The molecule has 2 fully saturated rings. The monoisotopic (exact) mass is 251 g/mol. The summed E-state index contributed by atoms with van der Waals surface area (Å²) in [4.78, 5) is 4.56. The fourth-order valence-electron chi connectivity index (χ4n) is 3.07. The fraction of sp³-hybridized carbons (Fsp3) is 0.846. The molecule has 1 saturated carbocycles. The smallest absolute Gasteiger partial charge is 0.233 e. The summed E-state index contributed by atoms with van der Waals surface area (Å²) in [5, 5.41) is 4.15. The van der Waals surface area contributed by atoms with E-state index >= 15 is 0 Å². The zero-order valence-electron chi connectivity index (χ0n) is 10.8. The van der Waals surface area contributed by atoms with Crippen LogP contribution in [0.15, 0.2) is 4.52 Å². The van der Waals surface area contributed by atoms with Crippen LogP contribution in [-0.2, 0) is 4.74 Å². The van der Waals surface area contributed by atoms with Gasteiger partial charge < -0.3 is 15.0 Å². The number of ether oxygens (including phenoxy) is 1. The van der Waals surface area contributed by atoms with Gasteiger partial charge in [0, 0.05) is 12.0 Å².